The molecule has 9 heteroatoms. The Kier molecular flexibility index (Phi) is 6.27. The first-order chi connectivity index (χ1) is 12.4. The maximum atomic E-state index is 6.19. The minimum atomic E-state index is 0.373. The van der Waals surface area contributed by atoms with Crippen LogP contribution in [-0.2, 0) is 6.54 Å². The number of anilines is 2. The zero-order chi connectivity index (χ0) is 18.7. The molecule has 0 spiro atoms. The van der Waals surface area contributed by atoms with Crippen molar-refractivity contribution in [3.05, 3.63) is 74.4 Å². The fourth-order valence-electron chi connectivity index (χ4n) is 2.22. The zero-order valence-electron chi connectivity index (χ0n) is 13.1. The van der Waals surface area contributed by atoms with Gasteiger partial charge in [0.25, 0.3) is 0 Å². The lowest BCUT2D eigenvalue weighted by Gasteiger charge is -2.10. The summed E-state index contributed by atoms with van der Waals surface area (Å²) in [5, 5.41) is 13.0. The van der Waals surface area contributed by atoms with E-state index < -0.39 is 0 Å². The zero-order valence-corrected chi connectivity index (χ0v) is 17.0. The van der Waals surface area contributed by atoms with E-state index in [0.717, 1.165) is 11.3 Å². The highest BCUT2D eigenvalue weighted by Gasteiger charge is 2.07. The van der Waals surface area contributed by atoms with Gasteiger partial charge in [0.15, 0.2) is 5.11 Å². The van der Waals surface area contributed by atoms with Crippen LogP contribution in [0.3, 0.4) is 0 Å². The number of hydrogen-bond acceptors (Lipinski definition) is 2. The molecule has 0 radical (unpaired) electrons. The van der Waals surface area contributed by atoms with Gasteiger partial charge in [-0.1, -0.05) is 52.5 Å². The van der Waals surface area contributed by atoms with Crippen molar-refractivity contribution in [1.29, 1.82) is 0 Å². The maximum Gasteiger partial charge on any atom is 0.175 e. The van der Waals surface area contributed by atoms with Gasteiger partial charge in [0.05, 0.1) is 29.1 Å². The Morgan fingerprint density at radius 3 is 2.46 bits per heavy atom. The molecule has 3 rings (SSSR count). The summed E-state index contributed by atoms with van der Waals surface area (Å²) in [6.07, 6.45) is 3.48. The fraction of sp³-hybridized carbons (Fsp3) is 0.0588. The number of benzene rings is 2. The lowest BCUT2D eigenvalue weighted by atomic mass is 10.2. The quantitative estimate of drug-likeness (QED) is 0.458. The molecule has 134 valence electrons. The summed E-state index contributed by atoms with van der Waals surface area (Å²) >= 11 is 29.5. The Morgan fingerprint density at radius 2 is 1.69 bits per heavy atom. The molecule has 4 nitrogen and oxygen atoms in total. The van der Waals surface area contributed by atoms with E-state index in [0.29, 0.717) is 37.4 Å². The monoisotopic (exact) mass is 444 g/mol. The van der Waals surface area contributed by atoms with Crippen LogP contribution in [-0.4, -0.2) is 14.9 Å². The SMILES string of the molecule is S=C(Nc1cnn(Cc2ccc(Cl)cc2Cl)c1)Nc1cc(Cl)ccc1Cl. The van der Waals surface area contributed by atoms with Crippen LogP contribution >= 0.6 is 58.6 Å². The molecule has 0 amide bonds. The van der Waals surface area contributed by atoms with Gasteiger partial charge in [0.2, 0.25) is 0 Å². The van der Waals surface area contributed by atoms with Crippen LogP contribution in [0.5, 0.6) is 0 Å². The lowest BCUT2D eigenvalue weighted by Crippen LogP contribution is -2.19. The van der Waals surface area contributed by atoms with E-state index >= 15 is 0 Å². The van der Waals surface area contributed by atoms with E-state index in [9.17, 15) is 0 Å². The summed E-state index contributed by atoms with van der Waals surface area (Å²) < 4.78 is 1.74. The number of halogens is 4. The fourth-order valence-corrected chi connectivity index (χ4v) is 3.25. The lowest BCUT2D eigenvalue weighted by molar-refractivity contribution is 0.687. The number of rotatable bonds is 4. The average molecular weight is 446 g/mol. The molecule has 0 atom stereocenters. The number of nitrogens with zero attached hydrogens (tertiary/aromatic N) is 2. The number of hydrogen-bond donors (Lipinski definition) is 2. The molecular weight excluding hydrogens is 434 g/mol. The first-order valence-corrected chi connectivity index (χ1v) is 9.32. The van der Waals surface area contributed by atoms with Crippen molar-refractivity contribution in [2.75, 3.05) is 10.6 Å². The molecule has 2 aromatic carbocycles. The molecule has 1 heterocycles. The summed E-state index contributed by atoms with van der Waals surface area (Å²) in [5.41, 5.74) is 2.26. The predicted molar refractivity (Wildman–Crippen MR) is 114 cm³/mol. The third-order valence-electron chi connectivity index (χ3n) is 3.42. The molecule has 0 fully saturated rings. The average Bonchev–Trinajstić information content (AvgIpc) is 3.00. The highest BCUT2D eigenvalue weighted by atomic mass is 35.5. The van der Waals surface area contributed by atoms with Crippen LogP contribution in [0.1, 0.15) is 5.56 Å². The molecule has 26 heavy (non-hydrogen) atoms. The third kappa shape index (κ3) is 5.02. The van der Waals surface area contributed by atoms with E-state index in [2.05, 4.69) is 15.7 Å². The Balaban J connectivity index is 1.64. The van der Waals surface area contributed by atoms with Gasteiger partial charge in [-0.05, 0) is 48.1 Å². The van der Waals surface area contributed by atoms with Crippen LogP contribution in [0.15, 0.2) is 48.8 Å². The molecule has 0 saturated heterocycles. The minimum Gasteiger partial charge on any atom is -0.331 e. The second-order valence-corrected chi connectivity index (χ2v) is 7.46. The van der Waals surface area contributed by atoms with Crippen LogP contribution in [0, 0.1) is 0 Å². The van der Waals surface area contributed by atoms with Crippen LogP contribution < -0.4 is 10.6 Å². The van der Waals surface area contributed by atoms with E-state index in [1.807, 2.05) is 12.3 Å². The maximum absolute atomic E-state index is 6.19. The van der Waals surface area contributed by atoms with Gasteiger partial charge < -0.3 is 10.6 Å². The van der Waals surface area contributed by atoms with Crippen LogP contribution in [0.25, 0.3) is 0 Å². The molecule has 0 unspecified atom stereocenters. The highest BCUT2D eigenvalue weighted by Crippen LogP contribution is 2.26. The van der Waals surface area contributed by atoms with E-state index in [1.165, 1.54) is 0 Å². The predicted octanol–water partition coefficient (Wildman–Crippen LogP) is 6.35. The van der Waals surface area contributed by atoms with Crippen molar-refractivity contribution >= 4 is 75.1 Å². The van der Waals surface area contributed by atoms with Crippen molar-refractivity contribution in [2.45, 2.75) is 6.54 Å². The van der Waals surface area contributed by atoms with Gasteiger partial charge in [-0.2, -0.15) is 5.10 Å². The molecule has 0 aliphatic heterocycles. The second kappa shape index (κ2) is 8.46. The minimum absolute atomic E-state index is 0.373. The van der Waals surface area contributed by atoms with Gasteiger partial charge in [-0.3, -0.25) is 4.68 Å². The first-order valence-electron chi connectivity index (χ1n) is 7.40. The second-order valence-electron chi connectivity index (χ2n) is 5.37. The van der Waals surface area contributed by atoms with E-state index in [-0.39, 0.29) is 0 Å². The summed E-state index contributed by atoms with van der Waals surface area (Å²) in [6, 6.07) is 10.5. The third-order valence-corrected chi connectivity index (χ3v) is 4.77. The standard InChI is InChI=1S/C17H12Cl4N4S/c18-11-2-1-10(15(21)5-11)8-25-9-13(7-22-25)23-17(26)24-16-6-12(19)3-4-14(16)20/h1-7,9H,8H2,(H2,23,24,26). The molecule has 0 bridgehead atoms. The molecule has 2 N–H and O–H groups in total. The Bertz CT molecular complexity index is 958. The number of nitrogens with one attached hydrogen (secondary N) is 2. The van der Waals surface area contributed by atoms with Crippen LogP contribution in [0.4, 0.5) is 11.4 Å². The number of thiocarbonyl (C=S) groups is 1. The molecule has 3 aromatic rings. The summed E-state index contributed by atoms with van der Waals surface area (Å²) in [5.74, 6) is 0. The van der Waals surface area contributed by atoms with Gasteiger partial charge in [0, 0.05) is 21.3 Å². The molecular formula is C17H12Cl4N4S. The summed E-state index contributed by atoms with van der Waals surface area (Å²) in [7, 11) is 0. The van der Waals surface area contributed by atoms with Crippen molar-refractivity contribution in [3.8, 4) is 0 Å². The van der Waals surface area contributed by atoms with Crippen molar-refractivity contribution in [3.63, 3.8) is 0 Å². The van der Waals surface area contributed by atoms with Gasteiger partial charge in [0.1, 0.15) is 0 Å². The van der Waals surface area contributed by atoms with E-state index in [1.54, 1.807) is 41.2 Å². The smallest absolute Gasteiger partial charge is 0.175 e. The summed E-state index contributed by atoms with van der Waals surface area (Å²) in [4.78, 5) is 0. The van der Waals surface area contributed by atoms with Gasteiger partial charge in [-0.15, -0.1) is 0 Å². The largest absolute Gasteiger partial charge is 0.331 e. The molecule has 1 aromatic heterocycles. The number of aromatic nitrogens is 2. The highest BCUT2D eigenvalue weighted by molar-refractivity contribution is 7.80. The Hall–Kier alpha value is -1.50. The van der Waals surface area contributed by atoms with Crippen molar-refractivity contribution in [2.24, 2.45) is 0 Å². The van der Waals surface area contributed by atoms with Crippen molar-refractivity contribution < 1.29 is 0 Å². The molecule has 0 saturated carbocycles. The molecule has 0 aliphatic rings. The Morgan fingerprint density at radius 1 is 0.962 bits per heavy atom. The van der Waals surface area contributed by atoms with Crippen LogP contribution in [0.2, 0.25) is 20.1 Å². The van der Waals surface area contributed by atoms with Gasteiger partial charge in [-0.25, -0.2) is 0 Å². The first kappa shape index (κ1) is 19.3. The van der Waals surface area contributed by atoms with E-state index in [4.69, 9.17) is 58.6 Å². The topological polar surface area (TPSA) is 41.9 Å². The van der Waals surface area contributed by atoms with Gasteiger partial charge >= 0.3 is 0 Å². The molecule has 0 aliphatic carbocycles. The Labute approximate surface area is 176 Å². The van der Waals surface area contributed by atoms with Crippen molar-refractivity contribution in [1.82, 2.24) is 9.78 Å². The summed E-state index contributed by atoms with van der Waals surface area (Å²) in [6.45, 7) is 0.512. The normalized spacial score (nSPS) is 10.6.